The van der Waals surface area contributed by atoms with Crippen molar-refractivity contribution in [3.8, 4) is 5.75 Å². The van der Waals surface area contributed by atoms with Crippen molar-refractivity contribution in [3.05, 3.63) is 103 Å². The zero-order valence-corrected chi connectivity index (χ0v) is 17.6. The molecule has 0 amide bonds. The molecule has 14 nitrogen and oxygen atoms in total. The molecule has 0 saturated heterocycles. The molecule has 34 heavy (non-hydrogen) atoms. The van der Waals surface area contributed by atoms with Gasteiger partial charge in [0.1, 0.15) is 16.3 Å². The molecule has 0 radical (unpaired) electrons. The zero-order valence-electron chi connectivity index (χ0n) is 16.8. The van der Waals surface area contributed by atoms with Crippen LogP contribution in [0.5, 0.6) is 5.75 Å². The second kappa shape index (κ2) is 9.70. The van der Waals surface area contributed by atoms with Crippen molar-refractivity contribution in [3.63, 3.8) is 0 Å². The Hall–Kier alpha value is -4.92. The summed E-state index contributed by atoms with van der Waals surface area (Å²) in [7, 11) is -4.32. The summed E-state index contributed by atoms with van der Waals surface area (Å²) in [4.78, 5) is 30.1. The van der Waals surface area contributed by atoms with Crippen LogP contribution in [-0.4, -0.2) is 29.4 Å². The van der Waals surface area contributed by atoms with Crippen LogP contribution in [0.15, 0.2) is 76.7 Å². The van der Waals surface area contributed by atoms with E-state index in [9.17, 15) is 38.8 Å². The van der Waals surface area contributed by atoms with Crippen molar-refractivity contribution in [1.29, 1.82) is 0 Å². The van der Waals surface area contributed by atoms with Crippen molar-refractivity contribution in [2.45, 2.75) is 4.90 Å². The molecule has 0 aliphatic carbocycles. The minimum absolute atomic E-state index is 0.0670. The summed E-state index contributed by atoms with van der Waals surface area (Å²) >= 11 is 0. The number of hydrogen-bond donors (Lipinski definition) is 1. The predicted octanol–water partition coefficient (Wildman–Crippen LogP) is 3.62. The zero-order chi connectivity index (χ0) is 24.9. The fourth-order valence-corrected chi connectivity index (χ4v) is 3.56. The summed E-state index contributed by atoms with van der Waals surface area (Å²) < 4.78 is 29.7. The molecular weight excluding hydrogens is 474 g/mol. The minimum atomic E-state index is -4.32. The quantitative estimate of drug-likeness (QED) is 0.201. The average molecular weight is 487 g/mol. The van der Waals surface area contributed by atoms with Crippen molar-refractivity contribution in [2.24, 2.45) is 5.10 Å². The lowest BCUT2D eigenvalue weighted by Crippen LogP contribution is -2.10. The van der Waals surface area contributed by atoms with Gasteiger partial charge in [-0.15, -0.1) is 0 Å². The van der Waals surface area contributed by atoms with Crippen molar-refractivity contribution in [2.75, 3.05) is 5.43 Å². The van der Waals surface area contributed by atoms with Gasteiger partial charge in [0.05, 0.1) is 27.1 Å². The van der Waals surface area contributed by atoms with Crippen LogP contribution in [0.1, 0.15) is 5.56 Å². The van der Waals surface area contributed by atoms with Crippen molar-refractivity contribution >= 4 is 39.1 Å². The smallest absolute Gasteiger partial charge is 0.339 e. The summed E-state index contributed by atoms with van der Waals surface area (Å²) in [5.74, 6) is -0.0670. The van der Waals surface area contributed by atoms with Crippen LogP contribution < -0.4 is 9.61 Å². The van der Waals surface area contributed by atoms with Gasteiger partial charge in [-0.25, -0.2) is 0 Å². The Balaban J connectivity index is 1.71. The highest BCUT2D eigenvalue weighted by atomic mass is 32.2. The molecule has 0 spiro atoms. The highest BCUT2D eigenvalue weighted by Crippen LogP contribution is 2.29. The SMILES string of the molecule is O=[N+]([O-])c1cccc(S(=O)(=O)Oc2ccc(/C=N\Nc3ccc([N+](=O)[O-])cc3[N+](=O)[O-])cc2)c1. The molecule has 174 valence electrons. The maximum atomic E-state index is 12.4. The van der Waals surface area contributed by atoms with E-state index >= 15 is 0 Å². The van der Waals surface area contributed by atoms with Gasteiger partial charge in [-0.05, 0) is 42.0 Å². The van der Waals surface area contributed by atoms with Crippen LogP contribution in [-0.2, 0) is 10.1 Å². The second-order valence-corrected chi connectivity index (χ2v) is 7.99. The lowest BCUT2D eigenvalue weighted by Gasteiger charge is -2.07. The molecule has 1 N–H and O–H groups in total. The van der Waals surface area contributed by atoms with Gasteiger partial charge in [0, 0.05) is 18.2 Å². The molecule has 0 aliphatic rings. The summed E-state index contributed by atoms with van der Waals surface area (Å²) in [5.41, 5.74) is 1.41. The standard InChI is InChI=1S/C19H13N5O9S/c25-22(26)14-2-1-3-17(10-14)34(31,32)33-16-7-4-13(5-8-16)12-20-21-18-9-6-15(23(27)28)11-19(18)24(29)30/h1-12,21H/b20-12-. The maximum Gasteiger partial charge on any atom is 0.339 e. The summed E-state index contributed by atoms with van der Waals surface area (Å²) in [6, 6.07) is 12.9. The first-order valence-electron chi connectivity index (χ1n) is 9.08. The van der Waals surface area contributed by atoms with E-state index in [-0.39, 0.29) is 16.3 Å². The Labute approximate surface area is 190 Å². The van der Waals surface area contributed by atoms with Crippen LogP contribution in [0, 0.1) is 30.3 Å². The molecule has 0 heterocycles. The van der Waals surface area contributed by atoms with E-state index in [1.165, 1.54) is 36.5 Å². The highest BCUT2D eigenvalue weighted by Gasteiger charge is 2.20. The Morgan fingerprint density at radius 2 is 1.47 bits per heavy atom. The normalized spacial score (nSPS) is 11.2. The largest absolute Gasteiger partial charge is 0.379 e. The molecule has 0 saturated carbocycles. The highest BCUT2D eigenvalue weighted by molar-refractivity contribution is 7.87. The van der Waals surface area contributed by atoms with Crippen LogP contribution in [0.2, 0.25) is 0 Å². The number of benzene rings is 3. The first kappa shape index (κ1) is 23.7. The van der Waals surface area contributed by atoms with Crippen molar-refractivity contribution < 1.29 is 27.4 Å². The van der Waals surface area contributed by atoms with E-state index in [0.717, 1.165) is 36.4 Å². The fourth-order valence-electron chi connectivity index (χ4n) is 2.59. The lowest BCUT2D eigenvalue weighted by molar-refractivity contribution is -0.393. The summed E-state index contributed by atoms with van der Waals surface area (Å²) in [6.45, 7) is 0. The Bertz CT molecular complexity index is 1410. The second-order valence-electron chi connectivity index (χ2n) is 6.45. The van der Waals surface area contributed by atoms with Crippen LogP contribution in [0.4, 0.5) is 22.7 Å². The van der Waals surface area contributed by atoms with Gasteiger partial charge < -0.3 is 4.18 Å². The third kappa shape index (κ3) is 5.65. The Kier molecular flexibility index (Phi) is 6.77. The maximum absolute atomic E-state index is 12.4. The van der Waals surface area contributed by atoms with E-state index in [0.29, 0.717) is 5.56 Å². The molecule has 3 aromatic carbocycles. The fraction of sp³-hybridized carbons (Fsp3) is 0. The molecule has 15 heteroatoms. The lowest BCUT2D eigenvalue weighted by atomic mass is 10.2. The van der Waals surface area contributed by atoms with E-state index in [2.05, 4.69) is 10.5 Å². The van der Waals surface area contributed by atoms with E-state index < -0.39 is 42.0 Å². The molecule has 0 fully saturated rings. The van der Waals surface area contributed by atoms with Crippen LogP contribution in [0.25, 0.3) is 0 Å². The first-order chi connectivity index (χ1) is 16.1. The van der Waals surface area contributed by atoms with Crippen molar-refractivity contribution in [1.82, 2.24) is 0 Å². The number of nitro groups is 3. The number of rotatable bonds is 9. The van der Waals surface area contributed by atoms with Crippen LogP contribution in [0.3, 0.4) is 0 Å². The number of nitrogens with one attached hydrogen (secondary N) is 1. The number of hydrogen-bond acceptors (Lipinski definition) is 11. The van der Waals surface area contributed by atoms with Crippen LogP contribution >= 0.6 is 0 Å². The van der Waals surface area contributed by atoms with Gasteiger partial charge in [0.2, 0.25) is 0 Å². The van der Waals surface area contributed by atoms with E-state index in [4.69, 9.17) is 4.18 Å². The van der Waals surface area contributed by atoms with Gasteiger partial charge >= 0.3 is 15.8 Å². The third-order valence-electron chi connectivity index (χ3n) is 4.19. The minimum Gasteiger partial charge on any atom is -0.379 e. The molecule has 0 atom stereocenters. The summed E-state index contributed by atoms with van der Waals surface area (Å²) in [6.07, 6.45) is 1.27. The first-order valence-corrected chi connectivity index (χ1v) is 10.5. The summed E-state index contributed by atoms with van der Waals surface area (Å²) in [5, 5.41) is 36.6. The van der Waals surface area contributed by atoms with Gasteiger partial charge in [0.25, 0.3) is 11.4 Å². The topological polar surface area (TPSA) is 197 Å². The number of hydrazone groups is 1. The average Bonchev–Trinajstić information content (AvgIpc) is 2.80. The van der Waals surface area contributed by atoms with Gasteiger partial charge in [-0.3, -0.25) is 35.8 Å². The predicted molar refractivity (Wildman–Crippen MR) is 118 cm³/mol. The number of anilines is 1. The van der Waals surface area contributed by atoms with E-state index in [1.54, 1.807) is 0 Å². The molecule has 3 rings (SSSR count). The third-order valence-corrected chi connectivity index (χ3v) is 5.43. The van der Waals surface area contributed by atoms with Gasteiger partial charge in [-0.1, -0.05) is 6.07 Å². The van der Waals surface area contributed by atoms with Gasteiger partial charge in [0.15, 0.2) is 0 Å². The number of nitrogens with zero attached hydrogens (tertiary/aromatic N) is 4. The molecular formula is C19H13N5O9S. The molecule has 0 bridgehead atoms. The number of nitro benzene ring substituents is 3. The molecule has 0 aromatic heterocycles. The molecule has 0 unspecified atom stereocenters. The molecule has 0 aliphatic heterocycles. The van der Waals surface area contributed by atoms with E-state index in [1.807, 2.05) is 0 Å². The van der Waals surface area contributed by atoms with Gasteiger partial charge in [-0.2, -0.15) is 13.5 Å². The number of non-ortho nitro benzene ring substituents is 2. The molecule has 3 aromatic rings. The monoisotopic (exact) mass is 487 g/mol. The Morgan fingerprint density at radius 1 is 0.824 bits per heavy atom. The Morgan fingerprint density at radius 3 is 2.09 bits per heavy atom.